The van der Waals surface area contributed by atoms with Crippen LogP contribution < -0.4 is 10.6 Å². The molecule has 0 amide bonds. The van der Waals surface area contributed by atoms with E-state index in [0.29, 0.717) is 12.1 Å². The molecule has 0 aliphatic rings. The SMILES string of the molecule is CCC(C)Nc1ccccc1NC(CC)CC. The Hall–Kier alpha value is -1.18. The van der Waals surface area contributed by atoms with E-state index in [9.17, 15) is 0 Å². The molecule has 0 bridgehead atoms. The minimum absolute atomic E-state index is 0.514. The van der Waals surface area contributed by atoms with Crippen molar-refractivity contribution in [2.75, 3.05) is 10.6 Å². The van der Waals surface area contributed by atoms with Gasteiger partial charge in [0, 0.05) is 12.1 Å². The van der Waals surface area contributed by atoms with Gasteiger partial charge in [-0.15, -0.1) is 0 Å². The van der Waals surface area contributed by atoms with Gasteiger partial charge in [0.25, 0.3) is 0 Å². The van der Waals surface area contributed by atoms with Crippen molar-refractivity contribution in [3.8, 4) is 0 Å². The highest BCUT2D eigenvalue weighted by Crippen LogP contribution is 2.24. The van der Waals surface area contributed by atoms with Crippen molar-refractivity contribution in [3.05, 3.63) is 24.3 Å². The highest BCUT2D eigenvalue weighted by atomic mass is 15.0. The van der Waals surface area contributed by atoms with Crippen molar-refractivity contribution >= 4 is 11.4 Å². The van der Waals surface area contributed by atoms with Crippen molar-refractivity contribution in [1.82, 2.24) is 0 Å². The Morgan fingerprint density at radius 3 is 1.88 bits per heavy atom. The summed E-state index contributed by atoms with van der Waals surface area (Å²) in [5.41, 5.74) is 2.44. The predicted octanol–water partition coefficient (Wildman–Crippen LogP) is 4.50. The summed E-state index contributed by atoms with van der Waals surface area (Å²) < 4.78 is 0. The smallest absolute Gasteiger partial charge is 0.0578 e. The van der Waals surface area contributed by atoms with Crippen LogP contribution in [0.1, 0.15) is 47.0 Å². The van der Waals surface area contributed by atoms with Crippen LogP contribution in [0.2, 0.25) is 0 Å². The second-order valence-corrected chi connectivity index (χ2v) is 4.66. The van der Waals surface area contributed by atoms with Gasteiger partial charge in [0.1, 0.15) is 0 Å². The molecule has 1 rings (SSSR count). The highest BCUT2D eigenvalue weighted by Gasteiger charge is 2.08. The lowest BCUT2D eigenvalue weighted by atomic mass is 10.1. The zero-order valence-corrected chi connectivity index (χ0v) is 11.6. The van der Waals surface area contributed by atoms with Crippen LogP contribution in [0, 0.1) is 0 Å². The molecule has 1 aromatic carbocycles. The van der Waals surface area contributed by atoms with Gasteiger partial charge < -0.3 is 10.6 Å². The van der Waals surface area contributed by atoms with Gasteiger partial charge in [0.2, 0.25) is 0 Å². The molecular formula is C15H26N2. The molecule has 96 valence electrons. The van der Waals surface area contributed by atoms with E-state index in [-0.39, 0.29) is 0 Å². The summed E-state index contributed by atoms with van der Waals surface area (Å²) >= 11 is 0. The summed E-state index contributed by atoms with van der Waals surface area (Å²) in [6.45, 7) is 8.88. The Morgan fingerprint density at radius 2 is 1.41 bits per heavy atom. The summed E-state index contributed by atoms with van der Waals surface area (Å²) in [6, 6.07) is 9.56. The van der Waals surface area contributed by atoms with Crippen LogP contribution in [0.4, 0.5) is 11.4 Å². The second kappa shape index (κ2) is 7.21. The van der Waals surface area contributed by atoms with Crippen molar-refractivity contribution in [3.63, 3.8) is 0 Å². The molecule has 0 aliphatic heterocycles. The van der Waals surface area contributed by atoms with Crippen molar-refractivity contribution in [2.45, 2.75) is 59.0 Å². The largest absolute Gasteiger partial charge is 0.381 e. The number of para-hydroxylation sites is 2. The fraction of sp³-hybridized carbons (Fsp3) is 0.600. The van der Waals surface area contributed by atoms with Crippen LogP contribution in [-0.2, 0) is 0 Å². The molecule has 0 saturated heterocycles. The van der Waals surface area contributed by atoms with Gasteiger partial charge in [-0.25, -0.2) is 0 Å². The first-order chi connectivity index (χ1) is 8.21. The van der Waals surface area contributed by atoms with Gasteiger partial charge >= 0.3 is 0 Å². The lowest BCUT2D eigenvalue weighted by Gasteiger charge is -2.21. The zero-order chi connectivity index (χ0) is 12.7. The number of rotatable bonds is 7. The second-order valence-electron chi connectivity index (χ2n) is 4.66. The highest BCUT2D eigenvalue weighted by molar-refractivity contribution is 5.69. The summed E-state index contributed by atoms with van der Waals surface area (Å²) in [6.07, 6.45) is 3.46. The quantitative estimate of drug-likeness (QED) is 0.726. The molecular weight excluding hydrogens is 208 g/mol. The van der Waals surface area contributed by atoms with Gasteiger partial charge in [-0.2, -0.15) is 0 Å². The molecule has 0 aromatic heterocycles. The molecule has 0 spiro atoms. The van der Waals surface area contributed by atoms with E-state index in [1.165, 1.54) is 11.4 Å². The molecule has 0 saturated carbocycles. The van der Waals surface area contributed by atoms with Gasteiger partial charge in [-0.05, 0) is 38.3 Å². The average molecular weight is 234 g/mol. The number of benzene rings is 1. The molecule has 1 aromatic rings. The molecule has 0 fully saturated rings. The molecule has 1 atom stereocenters. The topological polar surface area (TPSA) is 24.1 Å². The number of hydrogen-bond acceptors (Lipinski definition) is 2. The van der Waals surface area contributed by atoms with Crippen LogP contribution in [0.15, 0.2) is 24.3 Å². The summed E-state index contributed by atoms with van der Waals surface area (Å²) in [4.78, 5) is 0. The molecule has 2 nitrogen and oxygen atoms in total. The average Bonchev–Trinajstić information content (AvgIpc) is 2.37. The fourth-order valence-electron chi connectivity index (χ4n) is 1.82. The normalized spacial score (nSPS) is 12.5. The van der Waals surface area contributed by atoms with E-state index in [0.717, 1.165) is 19.3 Å². The van der Waals surface area contributed by atoms with Crippen molar-refractivity contribution in [1.29, 1.82) is 0 Å². The molecule has 17 heavy (non-hydrogen) atoms. The third-order valence-corrected chi connectivity index (χ3v) is 3.29. The zero-order valence-electron chi connectivity index (χ0n) is 11.6. The maximum absolute atomic E-state index is 3.61. The molecule has 2 heteroatoms. The van der Waals surface area contributed by atoms with Crippen molar-refractivity contribution < 1.29 is 0 Å². The van der Waals surface area contributed by atoms with Gasteiger partial charge in [-0.1, -0.05) is 32.9 Å². The van der Waals surface area contributed by atoms with Gasteiger partial charge in [-0.3, -0.25) is 0 Å². The minimum atomic E-state index is 0.514. The van der Waals surface area contributed by atoms with E-state index in [1.807, 2.05) is 0 Å². The first-order valence-corrected chi connectivity index (χ1v) is 6.83. The first kappa shape index (κ1) is 13.9. The maximum Gasteiger partial charge on any atom is 0.0578 e. The number of hydrogen-bond donors (Lipinski definition) is 2. The summed E-state index contributed by atoms with van der Waals surface area (Å²) in [5.74, 6) is 0. The predicted molar refractivity (Wildman–Crippen MR) is 77.8 cm³/mol. The van der Waals surface area contributed by atoms with Crippen LogP contribution in [0.5, 0.6) is 0 Å². The third-order valence-electron chi connectivity index (χ3n) is 3.29. The monoisotopic (exact) mass is 234 g/mol. The molecule has 0 aliphatic carbocycles. The first-order valence-electron chi connectivity index (χ1n) is 6.83. The Balaban J connectivity index is 2.76. The third kappa shape index (κ3) is 4.29. The van der Waals surface area contributed by atoms with Crippen LogP contribution in [0.25, 0.3) is 0 Å². The van der Waals surface area contributed by atoms with E-state index in [1.54, 1.807) is 0 Å². The summed E-state index contributed by atoms with van der Waals surface area (Å²) in [5, 5.41) is 7.17. The molecule has 0 radical (unpaired) electrons. The lowest BCUT2D eigenvalue weighted by Crippen LogP contribution is -2.20. The Labute approximate surface area is 106 Å². The molecule has 0 heterocycles. The Kier molecular flexibility index (Phi) is 5.88. The van der Waals surface area contributed by atoms with Crippen molar-refractivity contribution in [2.24, 2.45) is 0 Å². The maximum atomic E-state index is 3.61. The van der Waals surface area contributed by atoms with Crippen LogP contribution >= 0.6 is 0 Å². The number of anilines is 2. The fourth-order valence-corrected chi connectivity index (χ4v) is 1.82. The van der Waals surface area contributed by atoms with E-state index >= 15 is 0 Å². The Bertz CT molecular complexity index is 318. The standard InChI is InChI=1S/C15H26N2/c1-5-12(4)16-14-10-8-9-11-15(14)17-13(6-2)7-3/h8-13,16-17H,5-7H2,1-4H3. The Morgan fingerprint density at radius 1 is 0.882 bits per heavy atom. The van der Waals surface area contributed by atoms with Crippen LogP contribution in [0.3, 0.4) is 0 Å². The van der Waals surface area contributed by atoms with E-state index in [2.05, 4.69) is 62.6 Å². The van der Waals surface area contributed by atoms with Crippen LogP contribution in [-0.4, -0.2) is 12.1 Å². The van der Waals surface area contributed by atoms with E-state index < -0.39 is 0 Å². The minimum Gasteiger partial charge on any atom is -0.381 e. The molecule has 1 unspecified atom stereocenters. The van der Waals surface area contributed by atoms with Gasteiger partial charge in [0.15, 0.2) is 0 Å². The van der Waals surface area contributed by atoms with E-state index in [4.69, 9.17) is 0 Å². The van der Waals surface area contributed by atoms with Gasteiger partial charge in [0.05, 0.1) is 11.4 Å². The summed E-state index contributed by atoms with van der Waals surface area (Å²) in [7, 11) is 0. The lowest BCUT2D eigenvalue weighted by molar-refractivity contribution is 0.671. The number of nitrogens with one attached hydrogen (secondary N) is 2. The molecule has 2 N–H and O–H groups in total.